The fourth-order valence-electron chi connectivity index (χ4n) is 2.58. The third-order valence-electron chi connectivity index (χ3n) is 3.86. The van der Waals surface area contributed by atoms with E-state index in [9.17, 15) is 22.8 Å². The molecule has 5 nitrogen and oxygen atoms in total. The van der Waals surface area contributed by atoms with Crippen LogP contribution in [0.1, 0.15) is 12.0 Å². The molecule has 132 valence electrons. The first-order valence-corrected chi connectivity index (χ1v) is 7.70. The van der Waals surface area contributed by atoms with Gasteiger partial charge in [-0.05, 0) is 31.6 Å². The highest BCUT2D eigenvalue weighted by Crippen LogP contribution is 2.26. The summed E-state index contributed by atoms with van der Waals surface area (Å²) in [4.78, 5) is 27.9. The van der Waals surface area contributed by atoms with Crippen molar-refractivity contribution < 1.29 is 22.8 Å². The van der Waals surface area contributed by atoms with E-state index in [-0.39, 0.29) is 11.3 Å². The third kappa shape index (κ3) is 5.23. The lowest BCUT2D eigenvalue weighted by Gasteiger charge is -2.20. The van der Waals surface area contributed by atoms with Gasteiger partial charge in [-0.2, -0.15) is 13.2 Å². The molecule has 0 aromatic heterocycles. The SMILES string of the molecule is CN1CCCN(C(=O)C(=O)Nc2ccccc2CC(F)(F)F)CC1. The summed E-state index contributed by atoms with van der Waals surface area (Å²) in [6.45, 7) is 2.37. The highest BCUT2D eigenvalue weighted by molar-refractivity contribution is 6.39. The van der Waals surface area contributed by atoms with Crippen LogP contribution >= 0.6 is 0 Å². The lowest BCUT2D eigenvalue weighted by Crippen LogP contribution is -2.41. The number of carbonyl (C=O) groups excluding carboxylic acids is 2. The number of hydrogen-bond donors (Lipinski definition) is 1. The van der Waals surface area contributed by atoms with Gasteiger partial charge in [-0.15, -0.1) is 0 Å². The average molecular weight is 343 g/mol. The van der Waals surface area contributed by atoms with Gasteiger partial charge < -0.3 is 15.1 Å². The van der Waals surface area contributed by atoms with Gasteiger partial charge in [-0.1, -0.05) is 18.2 Å². The number of nitrogens with zero attached hydrogens (tertiary/aromatic N) is 2. The monoisotopic (exact) mass is 343 g/mol. The molecule has 1 aromatic carbocycles. The fraction of sp³-hybridized carbons (Fsp3) is 0.500. The van der Waals surface area contributed by atoms with Gasteiger partial charge in [0.1, 0.15) is 0 Å². The Bertz CT molecular complexity index is 604. The second-order valence-electron chi connectivity index (χ2n) is 5.85. The minimum Gasteiger partial charge on any atom is -0.333 e. The van der Waals surface area contributed by atoms with Crippen LogP contribution in [-0.4, -0.2) is 61.0 Å². The van der Waals surface area contributed by atoms with E-state index in [0.29, 0.717) is 19.6 Å². The summed E-state index contributed by atoms with van der Waals surface area (Å²) >= 11 is 0. The topological polar surface area (TPSA) is 52.7 Å². The summed E-state index contributed by atoms with van der Waals surface area (Å²) < 4.78 is 37.8. The summed E-state index contributed by atoms with van der Waals surface area (Å²) in [5, 5.41) is 2.32. The number of hydrogen-bond acceptors (Lipinski definition) is 3. The zero-order chi connectivity index (χ0) is 17.7. The zero-order valence-electron chi connectivity index (χ0n) is 13.4. The first kappa shape index (κ1) is 18.3. The van der Waals surface area contributed by atoms with E-state index < -0.39 is 24.4 Å². The molecule has 8 heteroatoms. The molecule has 0 unspecified atom stereocenters. The number of carbonyl (C=O) groups is 2. The van der Waals surface area contributed by atoms with Gasteiger partial charge in [0, 0.05) is 25.3 Å². The second kappa shape index (κ2) is 7.65. The van der Waals surface area contributed by atoms with Crippen molar-refractivity contribution in [3.8, 4) is 0 Å². The van der Waals surface area contributed by atoms with Crippen LogP contribution in [0.5, 0.6) is 0 Å². The summed E-state index contributed by atoms with van der Waals surface area (Å²) in [7, 11) is 1.93. The van der Waals surface area contributed by atoms with E-state index in [0.717, 1.165) is 13.0 Å². The molecule has 24 heavy (non-hydrogen) atoms. The lowest BCUT2D eigenvalue weighted by atomic mass is 10.1. The fourth-order valence-corrected chi connectivity index (χ4v) is 2.58. The number of para-hydroxylation sites is 1. The van der Waals surface area contributed by atoms with E-state index in [1.54, 1.807) is 0 Å². The molecule has 1 saturated heterocycles. The van der Waals surface area contributed by atoms with Gasteiger partial charge in [-0.3, -0.25) is 9.59 Å². The van der Waals surface area contributed by atoms with Gasteiger partial charge in [0.15, 0.2) is 0 Å². The van der Waals surface area contributed by atoms with Crippen molar-refractivity contribution in [2.75, 3.05) is 38.5 Å². The number of alkyl halides is 3. The van der Waals surface area contributed by atoms with E-state index in [1.807, 2.05) is 7.05 Å². The molecule has 0 spiro atoms. The molecule has 1 heterocycles. The standard InChI is InChI=1S/C16H20F3N3O2/c1-21-7-4-8-22(10-9-21)15(24)14(23)20-13-6-3-2-5-12(13)11-16(17,18)19/h2-3,5-6H,4,7-11H2,1H3,(H,20,23). The van der Waals surface area contributed by atoms with Crippen molar-refractivity contribution in [2.45, 2.75) is 19.0 Å². The van der Waals surface area contributed by atoms with Crippen LogP contribution < -0.4 is 5.32 Å². The van der Waals surface area contributed by atoms with E-state index >= 15 is 0 Å². The summed E-state index contributed by atoms with van der Waals surface area (Å²) in [5.41, 5.74) is -0.0538. The molecule has 0 radical (unpaired) electrons. The highest BCUT2D eigenvalue weighted by atomic mass is 19.4. The highest BCUT2D eigenvalue weighted by Gasteiger charge is 2.30. The molecule has 2 amide bonds. The molecule has 1 fully saturated rings. The van der Waals surface area contributed by atoms with Crippen LogP contribution in [0.15, 0.2) is 24.3 Å². The van der Waals surface area contributed by atoms with Crippen molar-refractivity contribution in [3.05, 3.63) is 29.8 Å². The third-order valence-corrected chi connectivity index (χ3v) is 3.86. The van der Waals surface area contributed by atoms with E-state index in [4.69, 9.17) is 0 Å². The van der Waals surface area contributed by atoms with Gasteiger partial charge >= 0.3 is 18.0 Å². The number of nitrogens with one attached hydrogen (secondary N) is 1. The predicted octanol–water partition coefficient (Wildman–Crippen LogP) is 1.89. The first-order chi connectivity index (χ1) is 11.3. The molecule has 0 aliphatic carbocycles. The molecular formula is C16H20F3N3O2. The maximum atomic E-state index is 12.6. The van der Waals surface area contributed by atoms with E-state index in [2.05, 4.69) is 10.2 Å². The van der Waals surface area contributed by atoms with Gasteiger partial charge in [0.05, 0.1) is 6.42 Å². The molecule has 2 rings (SSSR count). The lowest BCUT2D eigenvalue weighted by molar-refractivity contribution is -0.143. The normalized spacial score (nSPS) is 16.6. The Morgan fingerprint density at radius 3 is 2.54 bits per heavy atom. The Kier molecular flexibility index (Phi) is 5.82. The maximum absolute atomic E-state index is 12.6. The number of benzene rings is 1. The molecule has 0 bridgehead atoms. The average Bonchev–Trinajstić information content (AvgIpc) is 2.71. The molecular weight excluding hydrogens is 323 g/mol. The Morgan fingerprint density at radius 1 is 1.12 bits per heavy atom. The minimum absolute atomic E-state index is 0.0140. The molecule has 1 aliphatic heterocycles. The van der Waals surface area contributed by atoms with Crippen LogP contribution in [0.25, 0.3) is 0 Å². The molecule has 1 aliphatic rings. The van der Waals surface area contributed by atoms with Crippen LogP contribution in [0, 0.1) is 0 Å². The second-order valence-corrected chi connectivity index (χ2v) is 5.85. The zero-order valence-corrected chi connectivity index (χ0v) is 13.4. The summed E-state index contributed by atoms with van der Waals surface area (Å²) in [5.74, 6) is -1.62. The molecule has 1 aromatic rings. The quantitative estimate of drug-likeness (QED) is 0.835. The Balaban J connectivity index is 2.05. The van der Waals surface area contributed by atoms with Gasteiger partial charge in [-0.25, -0.2) is 0 Å². The van der Waals surface area contributed by atoms with Crippen molar-refractivity contribution in [1.29, 1.82) is 0 Å². The smallest absolute Gasteiger partial charge is 0.333 e. The van der Waals surface area contributed by atoms with Crippen LogP contribution in [-0.2, 0) is 16.0 Å². The predicted molar refractivity (Wildman–Crippen MR) is 83.5 cm³/mol. The first-order valence-electron chi connectivity index (χ1n) is 7.70. The van der Waals surface area contributed by atoms with E-state index in [1.165, 1.54) is 29.2 Å². The number of halogens is 3. The number of amides is 2. The molecule has 0 saturated carbocycles. The van der Waals surface area contributed by atoms with Crippen LogP contribution in [0.4, 0.5) is 18.9 Å². The van der Waals surface area contributed by atoms with Gasteiger partial charge in [0.25, 0.3) is 0 Å². The summed E-state index contributed by atoms with van der Waals surface area (Å²) in [6, 6.07) is 5.63. The molecule has 1 N–H and O–H groups in total. The van der Waals surface area contributed by atoms with Crippen LogP contribution in [0.2, 0.25) is 0 Å². The van der Waals surface area contributed by atoms with Crippen molar-refractivity contribution in [1.82, 2.24) is 9.80 Å². The Labute approximate surface area is 138 Å². The van der Waals surface area contributed by atoms with Crippen molar-refractivity contribution in [3.63, 3.8) is 0 Å². The van der Waals surface area contributed by atoms with Crippen LogP contribution in [0.3, 0.4) is 0 Å². The summed E-state index contributed by atoms with van der Waals surface area (Å²) in [6.07, 6.45) is -4.80. The van der Waals surface area contributed by atoms with Crippen molar-refractivity contribution in [2.24, 2.45) is 0 Å². The Morgan fingerprint density at radius 2 is 1.83 bits per heavy atom. The largest absolute Gasteiger partial charge is 0.393 e. The van der Waals surface area contributed by atoms with Gasteiger partial charge in [0.2, 0.25) is 0 Å². The number of anilines is 1. The Hall–Kier alpha value is -2.09. The maximum Gasteiger partial charge on any atom is 0.393 e. The minimum atomic E-state index is -4.39. The number of likely N-dealkylation sites (N-methyl/N-ethyl adjacent to an activating group) is 1. The van der Waals surface area contributed by atoms with Crippen molar-refractivity contribution >= 4 is 17.5 Å². The number of rotatable bonds is 2. The molecule has 0 atom stereocenters.